The number of carboxylic acids is 1. The molecular weight excluding hydrogens is 300 g/mol. The van der Waals surface area contributed by atoms with Gasteiger partial charge in [0.15, 0.2) is 0 Å². The van der Waals surface area contributed by atoms with Crippen LogP contribution in [-0.4, -0.2) is 30.9 Å². The SMILES string of the molecule is COCC(C)Oc1ccc(Br)cc1C=CC(=O)O. The molecule has 1 unspecified atom stereocenters. The number of carboxylic acid groups (broad SMARTS) is 1. The first-order chi connectivity index (χ1) is 8.52. The molecule has 0 bridgehead atoms. The standard InChI is InChI=1S/C13H15BrO4/c1-9(8-17-2)18-12-5-4-11(14)7-10(12)3-6-13(15)16/h3-7,9H,8H2,1-2H3,(H,15,16). The normalized spacial score (nSPS) is 12.6. The third-order valence-corrected chi connectivity index (χ3v) is 2.60. The number of hydrogen-bond donors (Lipinski definition) is 1. The Morgan fingerprint density at radius 3 is 2.89 bits per heavy atom. The van der Waals surface area contributed by atoms with Crippen molar-refractivity contribution in [2.24, 2.45) is 0 Å². The Hall–Kier alpha value is -1.33. The lowest BCUT2D eigenvalue weighted by Crippen LogP contribution is -2.18. The third-order valence-electron chi connectivity index (χ3n) is 2.11. The molecule has 0 fully saturated rings. The van der Waals surface area contributed by atoms with Gasteiger partial charge in [-0.15, -0.1) is 0 Å². The average molecular weight is 315 g/mol. The molecule has 0 amide bonds. The average Bonchev–Trinajstić information content (AvgIpc) is 2.29. The zero-order valence-electron chi connectivity index (χ0n) is 10.2. The smallest absolute Gasteiger partial charge is 0.328 e. The molecule has 1 aromatic carbocycles. The fourth-order valence-corrected chi connectivity index (χ4v) is 1.78. The van der Waals surface area contributed by atoms with Crippen molar-refractivity contribution in [3.8, 4) is 5.75 Å². The van der Waals surface area contributed by atoms with Crippen LogP contribution >= 0.6 is 15.9 Å². The van der Waals surface area contributed by atoms with Gasteiger partial charge in [-0.25, -0.2) is 4.79 Å². The van der Waals surface area contributed by atoms with E-state index in [0.29, 0.717) is 17.9 Å². The molecule has 0 aliphatic rings. The van der Waals surface area contributed by atoms with E-state index in [4.69, 9.17) is 14.6 Å². The maximum Gasteiger partial charge on any atom is 0.328 e. The van der Waals surface area contributed by atoms with Gasteiger partial charge < -0.3 is 14.6 Å². The van der Waals surface area contributed by atoms with E-state index in [2.05, 4.69) is 15.9 Å². The van der Waals surface area contributed by atoms with E-state index >= 15 is 0 Å². The fourth-order valence-electron chi connectivity index (χ4n) is 1.40. The van der Waals surface area contributed by atoms with Gasteiger partial charge in [-0.2, -0.15) is 0 Å². The van der Waals surface area contributed by atoms with Crippen LogP contribution in [0.1, 0.15) is 12.5 Å². The van der Waals surface area contributed by atoms with Crippen molar-refractivity contribution in [2.75, 3.05) is 13.7 Å². The molecule has 1 rings (SSSR count). The summed E-state index contributed by atoms with van der Waals surface area (Å²) in [5.74, 6) is -0.369. The number of benzene rings is 1. The second-order valence-corrected chi connectivity index (χ2v) is 4.65. The summed E-state index contributed by atoms with van der Waals surface area (Å²) in [6.45, 7) is 2.36. The van der Waals surface area contributed by atoms with Crippen molar-refractivity contribution in [3.63, 3.8) is 0 Å². The first kappa shape index (κ1) is 14.7. The number of carbonyl (C=O) groups is 1. The topological polar surface area (TPSA) is 55.8 Å². The minimum atomic E-state index is -0.995. The van der Waals surface area contributed by atoms with Crippen molar-refractivity contribution in [2.45, 2.75) is 13.0 Å². The lowest BCUT2D eigenvalue weighted by Gasteiger charge is -2.15. The van der Waals surface area contributed by atoms with E-state index in [-0.39, 0.29) is 6.10 Å². The monoisotopic (exact) mass is 314 g/mol. The molecule has 0 radical (unpaired) electrons. The largest absolute Gasteiger partial charge is 0.488 e. The van der Waals surface area contributed by atoms with E-state index in [1.807, 2.05) is 13.0 Å². The molecule has 0 saturated heterocycles. The zero-order chi connectivity index (χ0) is 13.5. The Bertz CT molecular complexity index is 443. The van der Waals surface area contributed by atoms with Gasteiger partial charge in [0.05, 0.1) is 6.61 Å². The number of hydrogen-bond acceptors (Lipinski definition) is 3. The Morgan fingerprint density at radius 1 is 1.56 bits per heavy atom. The molecule has 5 heteroatoms. The van der Waals surface area contributed by atoms with Gasteiger partial charge in [-0.3, -0.25) is 0 Å². The summed E-state index contributed by atoms with van der Waals surface area (Å²) in [6, 6.07) is 5.43. The van der Waals surface area contributed by atoms with Crippen molar-refractivity contribution in [1.29, 1.82) is 0 Å². The maximum atomic E-state index is 10.5. The predicted octanol–water partition coefficient (Wildman–Crippen LogP) is 2.96. The van der Waals surface area contributed by atoms with Gasteiger partial charge in [-0.1, -0.05) is 15.9 Å². The second-order valence-electron chi connectivity index (χ2n) is 3.74. The first-order valence-corrected chi connectivity index (χ1v) is 6.18. The molecule has 0 aliphatic heterocycles. The van der Waals surface area contributed by atoms with E-state index in [9.17, 15) is 4.79 Å². The highest BCUT2D eigenvalue weighted by Crippen LogP contribution is 2.25. The van der Waals surface area contributed by atoms with Crippen LogP contribution < -0.4 is 4.74 Å². The number of aliphatic carboxylic acids is 1. The Morgan fingerprint density at radius 2 is 2.28 bits per heavy atom. The molecule has 0 saturated carbocycles. The first-order valence-electron chi connectivity index (χ1n) is 5.39. The van der Waals surface area contributed by atoms with Gasteiger partial charge in [0, 0.05) is 23.2 Å². The minimum absolute atomic E-state index is 0.104. The molecule has 18 heavy (non-hydrogen) atoms. The van der Waals surface area contributed by atoms with Crippen LogP contribution in [0.3, 0.4) is 0 Å². The van der Waals surface area contributed by atoms with Crippen LogP contribution in [0, 0.1) is 0 Å². The maximum absolute atomic E-state index is 10.5. The highest BCUT2D eigenvalue weighted by atomic mass is 79.9. The number of halogens is 1. The van der Waals surface area contributed by atoms with Gasteiger partial charge in [0.25, 0.3) is 0 Å². The summed E-state index contributed by atoms with van der Waals surface area (Å²) in [6.07, 6.45) is 2.48. The van der Waals surface area contributed by atoms with Crippen molar-refractivity contribution < 1.29 is 19.4 Å². The van der Waals surface area contributed by atoms with Crippen LogP contribution in [0.5, 0.6) is 5.75 Å². The molecule has 1 N–H and O–H groups in total. The van der Waals surface area contributed by atoms with E-state index in [0.717, 1.165) is 10.5 Å². The molecule has 1 aromatic rings. The van der Waals surface area contributed by atoms with Gasteiger partial charge in [-0.05, 0) is 31.2 Å². The Kier molecular flexibility index (Phi) is 5.88. The molecule has 0 aliphatic carbocycles. The summed E-state index contributed by atoms with van der Waals surface area (Å²) in [4.78, 5) is 10.5. The summed E-state index contributed by atoms with van der Waals surface area (Å²) in [7, 11) is 1.60. The highest BCUT2D eigenvalue weighted by molar-refractivity contribution is 9.10. The van der Waals surface area contributed by atoms with Crippen LogP contribution in [0.15, 0.2) is 28.7 Å². The lowest BCUT2D eigenvalue weighted by atomic mass is 10.2. The van der Waals surface area contributed by atoms with Gasteiger partial charge in [0.2, 0.25) is 0 Å². The summed E-state index contributed by atoms with van der Waals surface area (Å²) < 4.78 is 11.5. The second kappa shape index (κ2) is 7.18. The molecule has 0 spiro atoms. The van der Waals surface area contributed by atoms with Crippen LogP contribution in [0.4, 0.5) is 0 Å². The summed E-state index contributed by atoms with van der Waals surface area (Å²) in [5.41, 5.74) is 0.703. The predicted molar refractivity (Wildman–Crippen MR) is 72.8 cm³/mol. The molecular formula is C13H15BrO4. The molecule has 0 heterocycles. The third kappa shape index (κ3) is 4.89. The summed E-state index contributed by atoms with van der Waals surface area (Å²) in [5, 5.41) is 8.64. The molecule has 1 atom stereocenters. The van der Waals surface area contributed by atoms with Crippen LogP contribution in [0.2, 0.25) is 0 Å². The molecule has 98 valence electrons. The van der Waals surface area contributed by atoms with Crippen LogP contribution in [-0.2, 0) is 9.53 Å². The minimum Gasteiger partial charge on any atom is -0.488 e. The van der Waals surface area contributed by atoms with Crippen molar-refractivity contribution >= 4 is 28.0 Å². The molecule has 4 nitrogen and oxygen atoms in total. The van der Waals surface area contributed by atoms with Crippen LogP contribution in [0.25, 0.3) is 6.08 Å². The molecule has 0 aromatic heterocycles. The fraction of sp³-hybridized carbons (Fsp3) is 0.308. The van der Waals surface area contributed by atoms with Gasteiger partial charge >= 0.3 is 5.97 Å². The number of methoxy groups -OCH3 is 1. The summed E-state index contributed by atoms with van der Waals surface area (Å²) >= 11 is 3.34. The number of ether oxygens (including phenoxy) is 2. The quantitative estimate of drug-likeness (QED) is 0.820. The van der Waals surface area contributed by atoms with E-state index < -0.39 is 5.97 Å². The lowest BCUT2D eigenvalue weighted by molar-refractivity contribution is -0.131. The Balaban J connectivity index is 2.92. The van der Waals surface area contributed by atoms with Crippen molar-refractivity contribution in [1.82, 2.24) is 0 Å². The highest BCUT2D eigenvalue weighted by Gasteiger charge is 2.07. The van der Waals surface area contributed by atoms with E-state index in [1.165, 1.54) is 6.08 Å². The van der Waals surface area contributed by atoms with Crippen molar-refractivity contribution in [3.05, 3.63) is 34.3 Å². The zero-order valence-corrected chi connectivity index (χ0v) is 11.8. The number of rotatable bonds is 6. The van der Waals surface area contributed by atoms with Gasteiger partial charge in [0.1, 0.15) is 11.9 Å². The van der Waals surface area contributed by atoms with E-state index in [1.54, 1.807) is 19.2 Å². The Labute approximate surface area is 114 Å².